The maximum absolute atomic E-state index is 3.58. The third kappa shape index (κ3) is 1.75. The van der Waals surface area contributed by atoms with Crippen molar-refractivity contribution < 1.29 is 0 Å². The monoisotopic (exact) mass is 182 g/mol. The van der Waals surface area contributed by atoms with E-state index in [1.807, 2.05) is 0 Å². The highest BCUT2D eigenvalue weighted by molar-refractivity contribution is 4.99. The van der Waals surface area contributed by atoms with Crippen LogP contribution < -0.4 is 10.6 Å². The Morgan fingerprint density at radius 3 is 2.46 bits per heavy atom. The fraction of sp³-hybridized carbons (Fsp3) is 1.00. The summed E-state index contributed by atoms with van der Waals surface area (Å²) in [4.78, 5) is 0. The minimum absolute atomic E-state index is 0.540. The molecule has 1 atom stereocenters. The van der Waals surface area contributed by atoms with Gasteiger partial charge in [-0.05, 0) is 36.6 Å². The molecule has 2 heteroatoms. The molecule has 0 aromatic heterocycles. The molecule has 0 aromatic rings. The Balaban J connectivity index is 2.06. The molecule has 1 unspecified atom stereocenters. The van der Waals surface area contributed by atoms with E-state index in [1.165, 1.54) is 45.4 Å². The Morgan fingerprint density at radius 2 is 1.92 bits per heavy atom. The fourth-order valence-corrected chi connectivity index (χ4v) is 2.83. The van der Waals surface area contributed by atoms with E-state index < -0.39 is 0 Å². The van der Waals surface area contributed by atoms with Gasteiger partial charge in [-0.15, -0.1) is 0 Å². The molecular formula is C11H22N2. The highest BCUT2D eigenvalue weighted by Crippen LogP contribution is 2.42. The van der Waals surface area contributed by atoms with Gasteiger partial charge in [-0.25, -0.2) is 0 Å². The molecule has 13 heavy (non-hydrogen) atoms. The lowest BCUT2D eigenvalue weighted by Crippen LogP contribution is -2.55. The first-order valence-electron chi connectivity index (χ1n) is 5.60. The first-order chi connectivity index (χ1) is 6.18. The number of rotatable bonds is 1. The van der Waals surface area contributed by atoms with Crippen molar-refractivity contribution in [2.45, 2.75) is 33.1 Å². The highest BCUT2D eigenvalue weighted by atomic mass is 15.0. The minimum Gasteiger partial charge on any atom is -0.316 e. The molecule has 2 aliphatic rings. The normalized spacial score (nSPS) is 38.3. The second-order valence-corrected chi connectivity index (χ2v) is 5.37. The average molecular weight is 182 g/mol. The number of hydrogen-bond acceptors (Lipinski definition) is 2. The van der Waals surface area contributed by atoms with Crippen LogP contribution in [0, 0.1) is 10.8 Å². The lowest BCUT2D eigenvalue weighted by atomic mass is 9.67. The zero-order valence-corrected chi connectivity index (χ0v) is 8.95. The Kier molecular flexibility index (Phi) is 2.37. The van der Waals surface area contributed by atoms with Crippen LogP contribution in [0.4, 0.5) is 0 Å². The second kappa shape index (κ2) is 3.25. The van der Waals surface area contributed by atoms with Gasteiger partial charge in [0.1, 0.15) is 0 Å². The molecular weight excluding hydrogens is 160 g/mol. The second-order valence-electron chi connectivity index (χ2n) is 5.37. The van der Waals surface area contributed by atoms with E-state index >= 15 is 0 Å². The van der Waals surface area contributed by atoms with Crippen LogP contribution in [0.25, 0.3) is 0 Å². The predicted octanol–water partition coefficient (Wildman–Crippen LogP) is 1.38. The molecule has 1 spiro atoms. The summed E-state index contributed by atoms with van der Waals surface area (Å²) in [7, 11) is 0. The third-order valence-electron chi connectivity index (χ3n) is 4.04. The van der Waals surface area contributed by atoms with E-state index in [9.17, 15) is 0 Å². The minimum atomic E-state index is 0.540. The first-order valence-corrected chi connectivity index (χ1v) is 5.60. The van der Waals surface area contributed by atoms with E-state index in [0.29, 0.717) is 10.8 Å². The van der Waals surface area contributed by atoms with Crippen LogP contribution in [0.5, 0.6) is 0 Å². The fourth-order valence-electron chi connectivity index (χ4n) is 2.83. The van der Waals surface area contributed by atoms with E-state index in [1.54, 1.807) is 0 Å². The number of nitrogens with one attached hydrogen (secondary N) is 2. The highest BCUT2D eigenvalue weighted by Gasteiger charge is 2.43. The summed E-state index contributed by atoms with van der Waals surface area (Å²) in [5.74, 6) is 0. The zero-order chi connectivity index (χ0) is 9.36. The molecule has 0 amide bonds. The van der Waals surface area contributed by atoms with Crippen LogP contribution in [-0.2, 0) is 0 Å². The van der Waals surface area contributed by atoms with Gasteiger partial charge in [-0.3, -0.25) is 0 Å². The molecule has 2 N–H and O–H groups in total. The van der Waals surface area contributed by atoms with Crippen LogP contribution in [0.3, 0.4) is 0 Å². The van der Waals surface area contributed by atoms with Gasteiger partial charge in [0.2, 0.25) is 0 Å². The Hall–Kier alpha value is -0.0800. The van der Waals surface area contributed by atoms with Gasteiger partial charge < -0.3 is 10.6 Å². The van der Waals surface area contributed by atoms with E-state index in [-0.39, 0.29) is 0 Å². The van der Waals surface area contributed by atoms with E-state index in [2.05, 4.69) is 24.5 Å². The van der Waals surface area contributed by atoms with Crippen molar-refractivity contribution in [3.8, 4) is 0 Å². The smallest absolute Gasteiger partial charge is 0.00209 e. The zero-order valence-electron chi connectivity index (χ0n) is 8.95. The molecule has 2 rings (SSSR count). The van der Waals surface area contributed by atoms with Crippen molar-refractivity contribution in [2.24, 2.45) is 10.8 Å². The maximum Gasteiger partial charge on any atom is 0.00209 e. The van der Waals surface area contributed by atoms with Crippen molar-refractivity contribution >= 4 is 0 Å². The first kappa shape index (κ1) is 9.47. The number of hydrogen-bond donors (Lipinski definition) is 2. The van der Waals surface area contributed by atoms with Crippen molar-refractivity contribution in [1.82, 2.24) is 10.6 Å². The standard InChI is InChI=1S/C11H22N2/c1-3-10(2)6-11(8-13-9-11)4-5-12-7-10/h12-13H,3-9H2,1-2H3. The topological polar surface area (TPSA) is 24.1 Å². The van der Waals surface area contributed by atoms with Crippen molar-refractivity contribution in [3.05, 3.63) is 0 Å². The van der Waals surface area contributed by atoms with Gasteiger partial charge in [-0.2, -0.15) is 0 Å². The van der Waals surface area contributed by atoms with Crippen molar-refractivity contribution in [3.63, 3.8) is 0 Å². The summed E-state index contributed by atoms with van der Waals surface area (Å²) in [6, 6.07) is 0. The Bertz CT molecular complexity index is 175. The van der Waals surface area contributed by atoms with Crippen molar-refractivity contribution in [2.75, 3.05) is 26.2 Å². The molecule has 0 aliphatic carbocycles. The molecule has 0 saturated carbocycles. The van der Waals surface area contributed by atoms with Gasteiger partial charge in [-0.1, -0.05) is 13.8 Å². The lowest BCUT2D eigenvalue weighted by Gasteiger charge is -2.46. The Labute approximate surface area is 81.5 Å². The van der Waals surface area contributed by atoms with Crippen LogP contribution in [0.15, 0.2) is 0 Å². The molecule has 2 nitrogen and oxygen atoms in total. The third-order valence-corrected chi connectivity index (χ3v) is 4.04. The van der Waals surface area contributed by atoms with Crippen LogP contribution in [0.2, 0.25) is 0 Å². The summed E-state index contributed by atoms with van der Waals surface area (Å²) < 4.78 is 0. The largest absolute Gasteiger partial charge is 0.316 e. The SMILES string of the molecule is CCC1(C)CNCCC2(CNC2)C1. The maximum atomic E-state index is 3.58. The van der Waals surface area contributed by atoms with Gasteiger partial charge in [0.25, 0.3) is 0 Å². The van der Waals surface area contributed by atoms with Crippen molar-refractivity contribution in [1.29, 1.82) is 0 Å². The van der Waals surface area contributed by atoms with Gasteiger partial charge >= 0.3 is 0 Å². The summed E-state index contributed by atoms with van der Waals surface area (Å²) in [6.07, 6.45) is 4.09. The predicted molar refractivity (Wildman–Crippen MR) is 55.8 cm³/mol. The Morgan fingerprint density at radius 1 is 1.15 bits per heavy atom. The molecule has 0 aromatic carbocycles. The molecule has 2 heterocycles. The molecule has 0 bridgehead atoms. The summed E-state index contributed by atoms with van der Waals surface area (Å²) in [6.45, 7) is 9.70. The molecule has 2 fully saturated rings. The van der Waals surface area contributed by atoms with Gasteiger partial charge in [0, 0.05) is 19.6 Å². The molecule has 2 aliphatic heterocycles. The quantitative estimate of drug-likeness (QED) is 0.640. The average Bonchev–Trinajstić information content (AvgIpc) is 2.24. The van der Waals surface area contributed by atoms with E-state index in [0.717, 1.165) is 0 Å². The van der Waals surface area contributed by atoms with Crippen LogP contribution in [0.1, 0.15) is 33.1 Å². The molecule has 76 valence electrons. The molecule has 2 saturated heterocycles. The summed E-state index contributed by atoms with van der Waals surface area (Å²) in [5.41, 5.74) is 1.19. The van der Waals surface area contributed by atoms with Crippen LogP contribution in [-0.4, -0.2) is 26.2 Å². The van der Waals surface area contributed by atoms with Gasteiger partial charge in [0.15, 0.2) is 0 Å². The molecule has 0 radical (unpaired) electrons. The van der Waals surface area contributed by atoms with Crippen LogP contribution >= 0.6 is 0 Å². The lowest BCUT2D eigenvalue weighted by molar-refractivity contribution is 0.0889. The van der Waals surface area contributed by atoms with Gasteiger partial charge in [0.05, 0.1) is 0 Å². The summed E-state index contributed by atoms with van der Waals surface area (Å²) >= 11 is 0. The summed E-state index contributed by atoms with van der Waals surface area (Å²) in [5, 5.41) is 7.02. The van der Waals surface area contributed by atoms with E-state index in [4.69, 9.17) is 0 Å².